The highest BCUT2D eigenvalue weighted by atomic mass is 16.6. The first-order valence-corrected chi connectivity index (χ1v) is 5.67. The Hall–Kier alpha value is -1.95. The van der Waals surface area contributed by atoms with Crippen LogP contribution in [0.4, 0.5) is 10.5 Å². The van der Waals surface area contributed by atoms with E-state index in [9.17, 15) is 9.70 Å². The third-order valence-electron chi connectivity index (χ3n) is 2.92. The smallest absolute Gasteiger partial charge is 0.414 e. The normalized spacial score (nSPS) is 20.7. The predicted octanol–water partition coefficient (Wildman–Crippen LogP) is 1.83. The molecule has 6 heteroatoms. The van der Waals surface area contributed by atoms with Crippen molar-refractivity contribution in [3.8, 4) is 0 Å². The van der Waals surface area contributed by atoms with E-state index >= 15 is 0 Å². The zero-order valence-electron chi connectivity index (χ0n) is 9.94. The van der Waals surface area contributed by atoms with Crippen LogP contribution < -0.4 is 4.90 Å². The number of carbonyl (C=O) groups is 1. The molecule has 0 saturated carbocycles. The van der Waals surface area contributed by atoms with E-state index in [1.807, 2.05) is 0 Å². The third kappa shape index (κ3) is 2.33. The van der Waals surface area contributed by atoms with E-state index in [4.69, 9.17) is 9.84 Å². The van der Waals surface area contributed by atoms with Gasteiger partial charge in [0.15, 0.2) is 0 Å². The average Bonchev–Trinajstić information content (AvgIpc) is 2.79. The van der Waals surface area contributed by atoms with E-state index in [1.165, 1.54) is 4.90 Å². The van der Waals surface area contributed by atoms with Crippen molar-refractivity contribution in [2.24, 2.45) is 5.18 Å². The topological polar surface area (TPSA) is 79.2 Å². The molecule has 0 radical (unpaired) electrons. The van der Waals surface area contributed by atoms with Gasteiger partial charge in [0.2, 0.25) is 0 Å². The Morgan fingerprint density at radius 1 is 1.50 bits per heavy atom. The molecule has 1 aromatic rings. The third-order valence-corrected chi connectivity index (χ3v) is 2.92. The molecule has 1 aliphatic heterocycles. The minimum absolute atomic E-state index is 0.188. The molecule has 1 aliphatic rings. The molecule has 96 valence electrons. The molecule has 6 nitrogen and oxygen atoms in total. The van der Waals surface area contributed by atoms with Gasteiger partial charge in [-0.15, -0.1) is 0 Å². The lowest BCUT2D eigenvalue weighted by Crippen LogP contribution is -2.25. The Morgan fingerprint density at radius 2 is 2.17 bits per heavy atom. The molecule has 1 amide bonds. The summed E-state index contributed by atoms with van der Waals surface area (Å²) in [6.07, 6.45) is -0.948. The number of ether oxygens (including phenoxy) is 1. The van der Waals surface area contributed by atoms with E-state index < -0.39 is 18.2 Å². The summed E-state index contributed by atoms with van der Waals surface area (Å²) in [5.74, 6) is 0. The predicted molar refractivity (Wildman–Crippen MR) is 65.4 cm³/mol. The van der Waals surface area contributed by atoms with Crippen LogP contribution in [0.1, 0.15) is 18.5 Å². The molecule has 1 N–H and O–H groups in total. The summed E-state index contributed by atoms with van der Waals surface area (Å²) in [5, 5.41) is 11.9. The van der Waals surface area contributed by atoms with Gasteiger partial charge in [0.05, 0.1) is 13.2 Å². The number of carbonyl (C=O) groups excluding carboxylic acids is 1. The van der Waals surface area contributed by atoms with Crippen LogP contribution >= 0.6 is 0 Å². The summed E-state index contributed by atoms with van der Waals surface area (Å²) < 4.78 is 4.94. The molecule has 1 fully saturated rings. The van der Waals surface area contributed by atoms with Crippen molar-refractivity contribution in [3.63, 3.8) is 0 Å². The fourth-order valence-corrected chi connectivity index (χ4v) is 1.82. The van der Waals surface area contributed by atoms with E-state index in [-0.39, 0.29) is 6.61 Å². The number of nitroso groups, excluding NO2 is 1. The Labute approximate surface area is 104 Å². The molecule has 0 bridgehead atoms. The van der Waals surface area contributed by atoms with Crippen molar-refractivity contribution < 1.29 is 14.6 Å². The van der Waals surface area contributed by atoms with Gasteiger partial charge in [0, 0.05) is 5.69 Å². The highest BCUT2D eigenvalue weighted by Gasteiger charge is 2.31. The molecular formula is C12H14N2O4. The Balaban J connectivity index is 2.15. The van der Waals surface area contributed by atoms with Crippen molar-refractivity contribution in [1.29, 1.82) is 0 Å². The first kappa shape index (κ1) is 12.5. The molecule has 1 aromatic carbocycles. The average molecular weight is 250 g/mol. The van der Waals surface area contributed by atoms with Gasteiger partial charge < -0.3 is 9.84 Å². The van der Waals surface area contributed by atoms with E-state index in [0.29, 0.717) is 12.2 Å². The minimum atomic E-state index is -0.479. The van der Waals surface area contributed by atoms with Crippen LogP contribution in [0.15, 0.2) is 29.4 Å². The van der Waals surface area contributed by atoms with Crippen LogP contribution in [-0.2, 0) is 4.74 Å². The second-order valence-corrected chi connectivity index (χ2v) is 4.17. The molecule has 0 aromatic heterocycles. The highest BCUT2D eigenvalue weighted by molar-refractivity contribution is 5.89. The second-order valence-electron chi connectivity index (χ2n) is 4.17. The number of aliphatic hydroxyl groups excluding tert-OH is 1. The zero-order chi connectivity index (χ0) is 13.1. The standard InChI is InChI=1S/C12H14N2O4/c1-8(13-17)9-2-4-10(5-3-9)14-6-11(7-15)18-12(14)16/h2-5,8,11,15H,6-7H2,1H3. The summed E-state index contributed by atoms with van der Waals surface area (Å²) >= 11 is 0. The van der Waals surface area contributed by atoms with Gasteiger partial charge in [0.25, 0.3) is 0 Å². The number of aliphatic hydroxyl groups is 1. The Bertz CT molecular complexity index is 446. The van der Waals surface area contributed by atoms with Gasteiger partial charge in [0.1, 0.15) is 12.1 Å². The maximum absolute atomic E-state index is 11.5. The molecule has 1 saturated heterocycles. The van der Waals surface area contributed by atoms with Crippen LogP contribution in [0.3, 0.4) is 0 Å². The number of anilines is 1. The van der Waals surface area contributed by atoms with Crippen molar-refractivity contribution in [2.75, 3.05) is 18.1 Å². The van der Waals surface area contributed by atoms with Crippen LogP contribution in [0.5, 0.6) is 0 Å². The summed E-state index contributed by atoms with van der Waals surface area (Å²) in [5.41, 5.74) is 1.47. The number of amides is 1. The van der Waals surface area contributed by atoms with Gasteiger partial charge in [-0.3, -0.25) is 4.90 Å². The van der Waals surface area contributed by atoms with Crippen LogP contribution in [0.25, 0.3) is 0 Å². The quantitative estimate of drug-likeness (QED) is 0.827. The van der Waals surface area contributed by atoms with Gasteiger partial charge in [-0.25, -0.2) is 4.79 Å². The van der Waals surface area contributed by atoms with Crippen LogP contribution in [0, 0.1) is 4.91 Å². The molecule has 2 rings (SSSR count). The fraction of sp³-hybridized carbons (Fsp3) is 0.417. The largest absolute Gasteiger partial charge is 0.441 e. The number of benzene rings is 1. The molecular weight excluding hydrogens is 236 g/mol. The maximum atomic E-state index is 11.5. The van der Waals surface area contributed by atoms with Gasteiger partial charge in [-0.1, -0.05) is 17.3 Å². The number of nitrogens with zero attached hydrogens (tertiary/aromatic N) is 2. The fourth-order valence-electron chi connectivity index (χ4n) is 1.82. The summed E-state index contributed by atoms with van der Waals surface area (Å²) in [7, 11) is 0. The van der Waals surface area contributed by atoms with Crippen molar-refractivity contribution in [2.45, 2.75) is 19.1 Å². The maximum Gasteiger partial charge on any atom is 0.414 e. The molecule has 18 heavy (non-hydrogen) atoms. The highest BCUT2D eigenvalue weighted by Crippen LogP contribution is 2.24. The van der Waals surface area contributed by atoms with E-state index in [0.717, 1.165) is 5.56 Å². The molecule has 2 unspecified atom stereocenters. The number of cyclic esters (lactones) is 1. The van der Waals surface area contributed by atoms with Crippen LogP contribution in [0.2, 0.25) is 0 Å². The lowest BCUT2D eigenvalue weighted by Gasteiger charge is -2.13. The molecule has 0 aliphatic carbocycles. The van der Waals surface area contributed by atoms with E-state index in [1.54, 1.807) is 31.2 Å². The monoisotopic (exact) mass is 250 g/mol. The first-order chi connectivity index (χ1) is 8.65. The lowest BCUT2D eigenvalue weighted by molar-refractivity contribution is 0.0963. The number of hydrogen-bond donors (Lipinski definition) is 1. The SMILES string of the molecule is CC(N=O)c1ccc(N2CC(CO)OC2=O)cc1. The molecule has 2 atom stereocenters. The van der Waals surface area contributed by atoms with Gasteiger partial charge in [-0.05, 0) is 24.6 Å². The summed E-state index contributed by atoms with van der Waals surface area (Å²) in [6.45, 7) is 1.84. The van der Waals surface area contributed by atoms with Crippen LogP contribution in [-0.4, -0.2) is 30.5 Å². The summed E-state index contributed by atoms with van der Waals surface area (Å²) in [4.78, 5) is 23.4. The Kier molecular flexibility index (Phi) is 3.57. The molecule has 0 spiro atoms. The van der Waals surface area contributed by atoms with Gasteiger partial charge >= 0.3 is 6.09 Å². The lowest BCUT2D eigenvalue weighted by atomic mass is 10.1. The van der Waals surface area contributed by atoms with Crippen molar-refractivity contribution in [3.05, 3.63) is 34.7 Å². The Morgan fingerprint density at radius 3 is 2.67 bits per heavy atom. The van der Waals surface area contributed by atoms with Crippen molar-refractivity contribution in [1.82, 2.24) is 0 Å². The zero-order valence-corrected chi connectivity index (χ0v) is 9.94. The van der Waals surface area contributed by atoms with E-state index in [2.05, 4.69) is 5.18 Å². The van der Waals surface area contributed by atoms with Crippen molar-refractivity contribution >= 4 is 11.8 Å². The molecule has 1 heterocycles. The first-order valence-electron chi connectivity index (χ1n) is 5.67. The number of hydrogen-bond acceptors (Lipinski definition) is 5. The minimum Gasteiger partial charge on any atom is -0.441 e. The summed E-state index contributed by atoms with van der Waals surface area (Å²) in [6, 6.07) is 6.56. The second kappa shape index (κ2) is 5.14. The number of rotatable bonds is 4. The van der Waals surface area contributed by atoms with Gasteiger partial charge in [-0.2, -0.15) is 4.91 Å².